The van der Waals surface area contributed by atoms with Gasteiger partial charge in [-0.15, -0.1) is 0 Å². The topological polar surface area (TPSA) is 71.2 Å². The van der Waals surface area contributed by atoms with Crippen LogP contribution in [0.25, 0.3) is 10.9 Å². The van der Waals surface area contributed by atoms with E-state index >= 15 is 0 Å². The van der Waals surface area contributed by atoms with Crippen molar-refractivity contribution in [3.63, 3.8) is 0 Å². The molecule has 1 aliphatic rings. The Bertz CT molecular complexity index is 561. The van der Waals surface area contributed by atoms with Crippen molar-refractivity contribution in [2.24, 2.45) is 0 Å². The van der Waals surface area contributed by atoms with Crippen LogP contribution < -0.4 is 10.6 Å². The van der Waals surface area contributed by atoms with Crippen molar-refractivity contribution in [3.05, 3.63) is 18.6 Å². The van der Waals surface area contributed by atoms with Gasteiger partial charge in [-0.2, -0.15) is 0 Å². The monoisotopic (exact) mass is 244 g/mol. The largest absolute Gasteiger partial charge is 0.384 e. The van der Waals surface area contributed by atoms with E-state index in [9.17, 15) is 0 Å². The third-order valence-electron chi connectivity index (χ3n) is 3.32. The molecule has 1 fully saturated rings. The molecular formula is C12H16N6. The number of nitrogen functional groups attached to an aromatic ring is 1. The Hall–Kier alpha value is -1.95. The second-order valence-electron chi connectivity index (χ2n) is 4.61. The van der Waals surface area contributed by atoms with Crippen molar-refractivity contribution in [3.8, 4) is 0 Å². The molecule has 6 heteroatoms. The first-order valence-corrected chi connectivity index (χ1v) is 6.04. The van der Waals surface area contributed by atoms with Crippen molar-refractivity contribution in [2.45, 2.75) is 0 Å². The summed E-state index contributed by atoms with van der Waals surface area (Å²) in [4.78, 5) is 17.4. The Morgan fingerprint density at radius 1 is 1.11 bits per heavy atom. The minimum atomic E-state index is 0.491. The van der Waals surface area contributed by atoms with Crippen LogP contribution in [0, 0.1) is 0 Å². The molecule has 94 valence electrons. The predicted octanol–water partition coefficient (Wildman–Crippen LogP) is 0.359. The van der Waals surface area contributed by atoms with Crippen LogP contribution in [-0.4, -0.2) is 53.1 Å². The van der Waals surface area contributed by atoms with Gasteiger partial charge in [0, 0.05) is 38.4 Å². The second-order valence-corrected chi connectivity index (χ2v) is 4.61. The third-order valence-corrected chi connectivity index (χ3v) is 3.32. The number of pyridine rings is 1. The molecular weight excluding hydrogens is 228 g/mol. The van der Waals surface area contributed by atoms with Gasteiger partial charge in [0.1, 0.15) is 18.0 Å². The average Bonchev–Trinajstić information content (AvgIpc) is 2.38. The normalized spacial score (nSPS) is 17.3. The number of likely N-dealkylation sites (N-methyl/N-ethyl adjacent to an activating group) is 1. The van der Waals surface area contributed by atoms with Crippen molar-refractivity contribution in [1.82, 2.24) is 19.9 Å². The zero-order chi connectivity index (χ0) is 12.5. The van der Waals surface area contributed by atoms with Crippen LogP contribution in [0.15, 0.2) is 18.6 Å². The Kier molecular flexibility index (Phi) is 2.71. The highest BCUT2D eigenvalue weighted by atomic mass is 15.3. The van der Waals surface area contributed by atoms with E-state index in [4.69, 9.17) is 5.73 Å². The van der Waals surface area contributed by atoms with Crippen LogP contribution >= 0.6 is 0 Å². The van der Waals surface area contributed by atoms with E-state index in [-0.39, 0.29) is 0 Å². The lowest BCUT2D eigenvalue weighted by Gasteiger charge is -2.33. The highest BCUT2D eigenvalue weighted by Gasteiger charge is 2.17. The van der Waals surface area contributed by atoms with E-state index in [0.29, 0.717) is 5.82 Å². The molecule has 2 N–H and O–H groups in total. The lowest BCUT2D eigenvalue weighted by molar-refractivity contribution is 0.312. The molecule has 6 nitrogen and oxygen atoms in total. The van der Waals surface area contributed by atoms with Crippen LogP contribution in [0.2, 0.25) is 0 Å². The number of piperazine rings is 1. The van der Waals surface area contributed by atoms with Crippen molar-refractivity contribution in [1.29, 1.82) is 0 Å². The number of hydrogen-bond donors (Lipinski definition) is 1. The first-order chi connectivity index (χ1) is 8.74. The van der Waals surface area contributed by atoms with Crippen LogP contribution in [0.5, 0.6) is 0 Å². The third kappa shape index (κ3) is 1.95. The maximum Gasteiger partial charge on any atom is 0.141 e. The highest BCUT2D eigenvalue weighted by molar-refractivity contribution is 5.89. The molecule has 0 unspecified atom stereocenters. The Morgan fingerprint density at radius 2 is 1.89 bits per heavy atom. The molecule has 2 aromatic rings. The molecule has 0 atom stereocenters. The summed E-state index contributed by atoms with van der Waals surface area (Å²) >= 11 is 0. The van der Waals surface area contributed by atoms with Crippen molar-refractivity contribution < 1.29 is 0 Å². The molecule has 0 spiro atoms. The minimum Gasteiger partial charge on any atom is -0.384 e. The molecule has 1 saturated heterocycles. The number of nitrogens with zero attached hydrogens (tertiary/aromatic N) is 5. The summed E-state index contributed by atoms with van der Waals surface area (Å²) in [7, 11) is 2.14. The summed E-state index contributed by atoms with van der Waals surface area (Å²) in [5.41, 5.74) is 6.53. The molecule has 18 heavy (non-hydrogen) atoms. The number of nitrogens with two attached hydrogens (primary N) is 1. The molecule has 3 heterocycles. The molecule has 0 amide bonds. The Labute approximate surface area is 105 Å². The van der Waals surface area contributed by atoms with Crippen LogP contribution in [0.3, 0.4) is 0 Å². The minimum absolute atomic E-state index is 0.491. The van der Waals surface area contributed by atoms with E-state index in [1.807, 2.05) is 0 Å². The summed E-state index contributed by atoms with van der Waals surface area (Å²) in [6.07, 6.45) is 3.35. The molecule has 0 aromatic carbocycles. The Morgan fingerprint density at radius 3 is 2.67 bits per heavy atom. The van der Waals surface area contributed by atoms with Crippen LogP contribution in [0.4, 0.5) is 11.6 Å². The van der Waals surface area contributed by atoms with E-state index in [2.05, 4.69) is 31.8 Å². The van der Waals surface area contributed by atoms with E-state index in [1.165, 1.54) is 0 Å². The van der Waals surface area contributed by atoms with Crippen LogP contribution in [-0.2, 0) is 0 Å². The molecule has 2 aromatic heterocycles. The lowest BCUT2D eigenvalue weighted by Crippen LogP contribution is -2.44. The number of fused-ring (bicyclic) bond motifs is 1. The second kappa shape index (κ2) is 4.38. The van der Waals surface area contributed by atoms with E-state index in [1.54, 1.807) is 18.6 Å². The standard InChI is InChI=1S/C12H16N6/c1-17-2-4-18(5-3-17)12-9-7-14-11(13)6-10(9)15-8-16-12/h6-8H,2-5H2,1H3,(H2,13,14). The number of rotatable bonds is 1. The van der Waals surface area contributed by atoms with Crippen molar-refractivity contribution in [2.75, 3.05) is 43.9 Å². The maximum absolute atomic E-state index is 5.68. The SMILES string of the molecule is CN1CCN(c2ncnc3cc(N)ncc23)CC1. The fraction of sp³-hybridized carbons (Fsp3) is 0.417. The van der Waals surface area contributed by atoms with Gasteiger partial charge < -0.3 is 15.5 Å². The number of anilines is 2. The number of aromatic nitrogens is 3. The summed E-state index contributed by atoms with van der Waals surface area (Å²) < 4.78 is 0. The molecule has 0 saturated carbocycles. The summed E-state index contributed by atoms with van der Waals surface area (Å²) in [6, 6.07) is 1.79. The zero-order valence-corrected chi connectivity index (χ0v) is 10.4. The predicted molar refractivity (Wildman–Crippen MR) is 71.5 cm³/mol. The molecule has 3 rings (SSSR count). The van der Waals surface area contributed by atoms with Gasteiger partial charge in [-0.1, -0.05) is 0 Å². The van der Waals surface area contributed by atoms with E-state index < -0.39 is 0 Å². The van der Waals surface area contributed by atoms with Gasteiger partial charge in [0.2, 0.25) is 0 Å². The van der Waals surface area contributed by atoms with E-state index in [0.717, 1.165) is 42.9 Å². The fourth-order valence-corrected chi connectivity index (χ4v) is 2.22. The van der Waals surface area contributed by atoms with Crippen LogP contribution in [0.1, 0.15) is 0 Å². The first kappa shape index (κ1) is 11.2. The quantitative estimate of drug-likeness (QED) is 0.781. The Balaban J connectivity index is 2.01. The van der Waals surface area contributed by atoms with Gasteiger partial charge in [-0.05, 0) is 7.05 Å². The summed E-state index contributed by atoms with van der Waals surface area (Å²) in [5.74, 6) is 1.45. The average molecular weight is 244 g/mol. The van der Waals surface area contributed by atoms with Crippen molar-refractivity contribution >= 4 is 22.5 Å². The molecule has 0 bridgehead atoms. The summed E-state index contributed by atoms with van der Waals surface area (Å²) in [6.45, 7) is 4.06. The first-order valence-electron chi connectivity index (χ1n) is 6.04. The molecule has 0 aliphatic carbocycles. The zero-order valence-electron chi connectivity index (χ0n) is 10.4. The van der Waals surface area contributed by atoms with Gasteiger partial charge in [0.25, 0.3) is 0 Å². The smallest absolute Gasteiger partial charge is 0.141 e. The van der Waals surface area contributed by atoms with Gasteiger partial charge in [-0.25, -0.2) is 15.0 Å². The van der Waals surface area contributed by atoms with Gasteiger partial charge in [-0.3, -0.25) is 0 Å². The maximum atomic E-state index is 5.68. The fourth-order valence-electron chi connectivity index (χ4n) is 2.22. The van der Waals surface area contributed by atoms with Gasteiger partial charge in [0.05, 0.1) is 10.9 Å². The molecule has 1 aliphatic heterocycles. The van der Waals surface area contributed by atoms with Gasteiger partial charge in [0.15, 0.2) is 0 Å². The summed E-state index contributed by atoms with van der Waals surface area (Å²) in [5, 5.41) is 0.969. The highest BCUT2D eigenvalue weighted by Crippen LogP contribution is 2.23. The lowest BCUT2D eigenvalue weighted by atomic mass is 10.2. The van der Waals surface area contributed by atoms with Gasteiger partial charge >= 0.3 is 0 Å². The molecule has 0 radical (unpaired) electrons. The number of hydrogen-bond acceptors (Lipinski definition) is 6.